The van der Waals surface area contributed by atoms with Crippen LogP contribution in [0.15, 0.2) is 108 Å². The monoisotopic (exact) mass is 656 g/mol. The highest BCUT2D eigenvalue weighted by Crippen LogP contribution is 2.27. The summed E-state index contributed by atoms with van der Waals surface area (Å²) in [6, 6.07) is 31.1. The van der Waals surface area contributed by atoms with Crippen molar-refractivity contribution in [1.82, 2.24) is 10.5 Å². The molecule has 0 aliphatic carbocycles. The molecule has 2 amide bonds. The fourth-order valence-corrected chi connectivity index (χ4v) is 4.99. The summed E-state index contributed by atoms with van der Waals surface area (Å²) in [4.78, 5) is 29.7. The van der Waals surface area contributed by atoms with Gasteiger partial charge in [0.2, 0.25) is 5.91 Å². The Morgan fingerprint density at radius 1 is 0.864 bits per heavy atom. The number of amides is 2. The predicted octanol–water partition coefficient (Wildman–Crippen LogP) is 7.98. The number of nitrogen functional groups attached to an aromatic ring is 1. The number of anilines is 2. The molecule has 5 aromatic rings. The first-order valence-electron chi connectivity index (χ1n) is 14.5. The number of H-pyrrole nitrogens is 1. The second-order valence-corrected chi connectivity index (χ2v) is 11.2. The number of rotatable bonds is 11. The lowest BCUT2D eigenvalue weighted by molar-refractivity contribution is -0.129. The van der Waals surface area contributed by atoms with Crippen LogP contribution in [0.3, 0.4) is 0 Å². The maximum Gasteiger partial charge on any atom is 0.258 e. The molecule has 9 heteroatoms. The molecule has 0 saturated heterocycles. The molecule has 5 rings (SSSR count). The molecule has 0 bridgehead atoms. The van der Waals surface area contributed by atoms with E-state index in [0.29, 0.717) is 30.7 Å². The molecule has 8 nitrogen and oxygen atoms in total. The maximum atomic E-state index is 13.5. The molecule has 0 fully saturated rings. The highest BCUT2D eigenvalue weighted by atomic mass is 79.9. The van der Waals surface area contributed by atoms with Gasteiger partial charge in [-0.1, -0.05) is 53.0 Å². The third kappa shape index (κ3) is 9.20. The number of unbranched alkanes of at least 4 members (excludes halogenated alkanes) is 3. The number of nitrogens with two attached hydrogens (primary N) is 1. The number of hydroxylamine groups is 1. The number of hydrogen-bond donors (Lipinski definition) is 4. The van der Waals surface area contributed by atoms with Gasteiger partial charge in [-0.3, -0.25) is 14.8 Å². The first-order chi connectivity index (χ1) is 21.4. The molecule has 0 spiro atoms. The maximum absolute atomic E-state index is 13.5. The molecule has 0 aliphatic rings. The first-order valence-corrected chi connectivity index (χ1v) is 15.2. The number of aromatic nitrogens is 1. The number of carbonyl (C=O) groups is 2. The fourth-order valence-electron chi connectivity index (χ4n) is 4.73. The smallest absolute Gasteiger partial charge is 0.258 e. The minimum absolute atomic E-state index is 0.0714. The van der Waals surface area contributed by atoms with Gasteiger partial charge in [0.25, 0.3) is 5.91 Å². The molecular weight excluding hydrogens is 620 g/mol. The van der Waals surface area contributed by atoms with Crippen LogP contribution in [0.1, 0.15) is 42.5 Å². The van der Waals surface area contributed by atoms with E-state index in [1.807, 2.05) is 60.8 Å². The lowest BCUT2D eigenvalue weighted by atomic mass is 10.0. The van der Waals surface area contributed by atoms with Crippen molar-refractivity contribution in [2.45, 2.75) is 32.1 Å². The van der Waals surface area contributed by atoms with Crippen molar-refractivity contribution in [2.75, 3.05) is 24.3 Å². The predicted molar refractivity (Wildman–Crippen MR) is 180 cm³/mol. The average molecular weight is 658 g/mol. The van der Waals surface area contributed by atoms with Crippen LogP contribution in [0.2, 0.25) is 0 Å². The number of nitrogens with zero attached hydrogens (tertiary/aromatic N) is 1. The first kappa shape index (κ1) is 32.3. The van der Waals surface area contributed by atoms with Crippen LogP contribution in [0.5, 0.6) is 5.75 Å². The summed E-state index contributed by atoms with van der Waals surface area (Å²) in [7, 11) is 1.60. The average Bonchev–Trinajstić information content (AvgIpc) is 3.54. The summed E-state index contributed by atoms with van der Waals surface area (Å²) in [6.07, 6.45) is 5.44. The quantitative estimate of drug-likeness (QED) is 0.0497. The largest absolute Gasteiger partial charge is 0.497 e. The van der Waals surface area contributed by atoms with Gasteiger partial charge in [0.1, 0.15) is 5.75 Å². The van der Waals surface area contributed by atoms with E-state index in [1.54, 1.807) is 41.8 Å². The Bertz CT molecular complexity index is 1610. The third-order valence-corrected chi connectivity index (χ3v) is 7.71. The molecule has 228 valence electrons. The Hall–Kier alpha value is -4.60. The number of aromatic amines is 1. The number of hydrogen-bond acceptors (Lipinski definition) is 5. The lowest BCUT2D eigenvalue weighted by Crippen LogP contribution is -2.32. The van der Waals surface area contributed by atoms with Crippen LogP contribution in [-0.2, 0) is 4.79 Å². The summed E-state index contributed by atoms with van der Waals surface area (Å²) in [5.74, 6) is 0.257. The molecule has 4 aromatic carbocycles. The van der Waals surface area contributed by atoms with E-state index < -0.39 is 0 Å². The number of benzene rings is 4. The van der Waals surface area contributed by atoms with Crippen LogP contribution in [0.25, 0.3) is 22.0 Å². The molecule has 0 aliphatic heterocycles. The van der Waals surface area contributed by atoms with Crippen molar-refractivity contribution in [3.8, 4) is 16.9 Å². The van der Waals surface area contributed by atoms with E-state index in [1.165, 1.54) is 5.39 Å². The van der Waals surface area contributed by atoms with Crippen LogP contribution in [0, 0.1) is 0 Å². The molecule has 0 unspecified atom stereocenters. The SMILES string of the molecule is COc1ccc(C(=O)N(CCCCCCC(=O)NO)c2ccc(-c3ccc4cc[nH]c4c3)cc2)cc1.Nc1ccc(Br)cc1. The number of fused-ring (bicyclic) bond motifs is 1. The number of nitrogens with one attached hydrogen (secondary N) is 2. The molecule has 0 atom stereocenters. The Balaban J connectivity index is 0.000000479. The Morgan fingerprint density at radius 3 is 2.20 bits per heavy atom. The van der Waals surface area contributed by atoms with Gasteiger partial charge in [0, 0.05) is 46.1 Å². The van der Waals surface area contributed by atoms with E-state index in [4.69, 9.17) is 15.7 Å². The Labute approximate surface area is 265 Å². The van der Waals surface area contributed by atoms with E-state index in [9.17, 15) is 9.59 Å². The molecule has 1 aromatic heterocycles. The van der Waals surface area contributed by atoms with Gasteiger partial charge in [-0.2, -0.15) is 0 Å². The normalized spacial score (nSPS) is 10.5. The van der Waals surface area contributed by atoms with Crippen molar-refractivity contribution in [3.05, 3.63) is 113 Å². The van der Waals surface area contributed by atoms with Crippen molar-refractivity contribution >= 4 is 50.0 Å². The summed E-state index contributed by atoms with van der Waals surface area (Å²) in [5, 5.41) is 9.78. The number of methoxy groups -OCH3 is 1. The zero-order valence-corrected chi connectivity index (χ0v) is 26.2. The molecular formula is C35H37BrN4O4. The van der Waals surface area contributed by atoms with E-state index in [0.717, 1.165) is 51.8 Å². The second kappa shape index (κ2) is 16.3. The van der Waals surface area contributed by atoms with Gasteiger partial charge in [-0.05, 0) is 102 Å². The Kier molecular flexibility index (Phi) is 12.0. The van der Waals surface area contributed by atoms with Crippen LogP contribution < -0.4 is 20.9 Å². The van der Waals surface area contributed by atoms with Gasteiger partial charge in [0.15, 0.2) is 0 Å². The lowest BCUT2D eigenvalue weighted by Gasteiger charge is -2.23. The molecule has 1 heterocycles. The zero-order chi connectivity index (χ0) is 31.3. The van der Waals surface area contributed by atoms with E-state index in [-0.39, 0.29) is 11.8 Å². The fraction of sp³-hybridized carbons (Fsp3) is 0.200. The van der Waals surface area contributed by atoms with Gasteiger partial charge in [-0.15, -0.1) is 0 Å². The van der Waals surface area contributed by atoms with Crippen molar-refractivity contribution in [2.24, 2.45) is 0 Å². The number of carbonyl (C=O) groups excluding carboxylic acids is 2. The van der Waals surface area contributed by atoms with Crippen molar-refractivity contribution in [1.29, 1.82) is 0 Å². The minimum atomic E-state index is -0.373. The molecule has 5 N–H and O–H groups in total. The minimum Gasteiger partial charge on any atom is -0.497 e. The summed E-state index contributed by atoms with van der Waals surface area (Å²) in [6.45, 7) is 0.560. The molecule has 0 saturated carbocycles. The highest BCUT2D eigenvalue weighted by molar-refractivity contribution is 9.10. The summed E-state index contributed by atoms with van der Waals surface area (Å²) < 4.78 is 6.29. The van der Waals surface area contributed by atoms with Gasteiger partial charge < -0.3 is 20.4 Å². The van der Waals surface area contributed by atoms with E-state index >= 15 is 0 Å². The van der Waals surface area contributed by atoms with Crippen LogP contribution >= 0.6 is 15.9 Å². The Morgan fingerprint density at radius 2 is 1.55 bits per heavy atom. The highest BCUT2D eigenvalue weighted by Gasteiger charge is 2.18. The van der Waals surface area contributed by atoms with Gasteiger partial charge in [0.05, 0.1) is 7.11 Å². The molecule has 44 heavy (non-hydrogen) atoms. The number of ether oxygens (including phenoxy) is 1. The van der Waals surface area contributed by atoms with Crippen LogP contribution in [0.4, 0.5) is 11.4 Å². The van der Waals surface area contributed by atoms with E-state index in [2.05, 4.69) is 39.1 Å². The summed E-state index contributed by atoms with van der Waals surface area (Å²) in [5.41, 5.74) is 12.6. The second-order valence-electron chi connectivity index (χ2n) is 10.3. The zero-order valence-electron chi connectivity index (χ0n) is 24.6. The topological polar surface area (TPSA) is 121 Å². The molecule has 0 radical (unpaired) electrons. The van der Waals surface area contributed by atoms with Crippen molar-refractivity contribution < 1.29 is 19.5 Å². The van der Waals surface area contributed by atoms with Gasteiger partial charge in [-0.25, -0.2) is 5.48 Å². The van der Waals surface area contributed by atoms with Crippen molar-refractivity contribution in [3.63, 3.8) is 0 Å². The van der Waals surface area contributed by atoms with Crippen LogP contribution in [-0.4, -0.2) is 35.7 Å². The summed E-state index contributed by atoms with van der Waals surface area (Å²) >= 11 is 3.29. The van der Waals surface area contributed by atoms with Gasteiger partial charge >= 0.3 is 0 Å². The standard InChI is InChI=1S/C29H31N3O4.C6H6BrN/c1-36-26-15-11-23(12-16-26)29(34)32(19-5-3-2-4-6-28(33)31-35)25-13-9-21(10-14-25)24-8-7-22-17-18-30-27(22)20-24;7-5-1-3-6(8)4-2-5/h7-18,20,30,35H,2-6,19H2,1H3,(H,31,33);1-4H,8H2. The third-order valence-electron chi connectivity index (χ3n) is 7.18. The number of halogens is 1.